The molecule has 0 saturated carbocycles. The zero-order valence-electron chi connectivity index (χ0n) is 8.46. The SMILES string of the molecule is CCC1COCCN1CC1CNC1. The van der Waals surface area contributed by atoms with Crippen LogP contribution in [0.2, 0.25) is 0 Å². The Bertz CT molecular complexity index is 159. The first-order chi connectivity index (χ1) is 6.40. The Labute approximate surface area is 80.4 Å². The average Bonchev–Trinajstić information content (AvgIpc) is 2.12. The normalized spacial score (nSPS) is 31.6. The quantitative estimate of drug-likeness (QED) is 0.683. The monoisotopic (exact) mass is 184 g/mol. The first kappa shape index (κ1) is 9.44. The van der Waals surface area contributed by atoms with Gasteiger partial charge in [0, 0.05) is 32.2 Å². The maximum Gasteiger partial charge on any atom is 0.0622 e. The molecule has 2 rings (SSSR count). The van der Waals surface area contributed by atoms with Crippen LogP contribution in [0.25, 0.3) is 0 Å². The lowest BCUT2D eigenvalue weighted by atomic mass is 10.0. The van der Waals surface area contributed by atoms with E-state index in [-0.39, 0.29) is 0 Å². The molecular formula is C10H20N2O. The van der Waals surface area contributed by atoms with Gasteiger partial charge in [0.2, 0.25) is 0 Å². The molecule has 1 atom stereocenters. The van der Waals surface area contributed by atoms with Gasteiger partial charge in [-0.3, -0.25) is 4.90 Å². The molecular weight excluding hydrogens is 164 g/mol. The second-order valence-corrected chi connectivity index (χ2v) is 4.16. The van der Waals surface area contributed by atoms with Crippen molar-refractivity contribution in [1.29, 1.82) is 0 Å². The molecule has 3 nitrogen and oxygen atoms in total. The Morgan fingerprint density at radius 3 is 2.92 bits per heavy atom. The van der Waals surface area contributed by atoms with Crippen molar-refractivity contribution in [2.45, 2.75) is 19.4 Å². The molecule has 2 heterocycles. The first-order valence-corrected chi connectivity index (χ1v) is 5.42. The second kappa shape index (κ2) is 4.40. The molecule has 2 aliphatic rings. The molecule has 1 unspecified atom stereocenters. The van der Waals surface area contributed by atoms with E-state index in [0.717, 1.165) is 25.7 Å². The van der Waals surface area contributed by atoms with E-state index < -0.39 is 0 Å². The lowest BCUT2D eigenvalue weighted by Gasteiger charge is -2.39. The number of morpholine rings is 1. The van der Waals surface area contributed by atoms with Gasteiger partial charge in [-0.25, -0.2) is 0 Å². The summed E-state index contributed by atoms with van der Waals surface area (Å²) in [5, 5.41) is 3.33. The summed E-state index contributed by atoms with van der Waals surface area (Å²) in [7, 11) is 0. The van der Waals surface area contributed by atoms with E-state index in [0.29, 0.717) is 6.04 Å². The van der Waals surface area contributed by atoms with E-state index in [1.54, 1.807) is 0 Å². The number of nitrogens with zero attached hydrogens (tertiary/aromatic N) is 1. The van der Waals surface area contributed by atoms with Crippen LogP contribution in [0, 0.1) is 5.92 Å². The van der Waals surface area contributed by atoms with Crippen LogP contribution < -0.4 is 5.32 Å². The van der Waals surface area contributed by atoms with Crippen LogP contribution in [-0.2, 0) is 4.74 Å². The lowest BCUT2D eigenvalue weighted by molar-refractivity contribution is -0.0187. The zero-order chi connectivity index (χ0) is 9.10. The number of hydrogen-bond acceptors (Lipinski definition) is 3. The van der Waals surface area contributed by atoms with Gasteiger partial charge in [0.1, 0.15) is 0 Å². The third-order valence-corrected chi connectivity index (χ3v) is 3.18. The summed E-state index contributed by atoms with van der Waals surface area (Å²) in [6.07, 6.45) is 1.22. The summed E-state index contributed by atoms with van der Waals surface area (Å²) in [6.45, 7) is 8.96. The molecule has 76 valence electrons. The fraction of sp³-hybridized carbons (Fsp3) is 1.00. The van der Waals surface area contributed by atoms with Gasteiger partial charge in [0.05, 0.1) is 13.2 Å². The van der Waals surface area contributed by atoms with Crippen molar-refractivity contribution in [2.75, 3.05) is 39.4 Å². The molecule has 2 fully saturated rings. The largest absolute Gasteiger partial charge is 0.378 e. The maximum absolute atomic E-state index is 5.48. The Balaban J connectivity index is 1.79. The van der Waals surface area contributed by atoms with Crippen molar-refractivity contribution in [3.05, 3.63) is 0 Å². The fourth-order valence-corrected chi connectivity index (χ4v) is 2.11. The highest BCUT2D eigenvalue weighted by atomic mass is 16.5. The van der Waals surface area contributed by atoms with E-state index in [1.807, 2.05) is 0 Å². The summed E-state index contributed by atoms with van der Waals surface area (Å²) < 4.78 is 5.48. The fourth-order valence-electron chi connectivity index (χ4n) is 2.11. The van der Waals surface area contributed by atoms with Crippen LogP contribution in [-0.4, -0.2) is 50.3 Å². The molecule has 0 radical (unpaired) electrons. The Hall–Kier alpha value is -0.120. The molecule has 0 aromatic heterocycles. The predicted octanol–water partition coefficient (Wildman–Crippen LogP) is 0.317. The minimum Gasteiger partial charge on any atom is -0.378 e. The van der Waals surface area contributed by atoms with Gasteiger partial charge >= 0.3 is 0 Å². The van der Waals surface area contributed by atoms with Crippen LogP contribution >= 0.6 is 0 Å². The molecule has 1 N–H and O–H groups in total. The minimum atomic E-state index is 0.675. The van der Waals surface area contributed by atoms with Gasteiger partial charge in [0.25, 0.3) is 0 Å². The predicted molar refractivity (Wildman–Crippen MR) is 52.8 cm³/mol. The number of nitrogens with one attached hydrogen (secondary N) is 1. The molecule has 13 heavy (non-hydrogen) atoms. The van der Waals surface area contributed by atoms with Crippen molar-refractivity contribution >= 4 is 0 Å². The van der Waals surface area contributed by atoms with E-state index >= 15 is 0 Å². The molecule has 2 aliphatic heterocycles. The maximum atomic E-state index is 5.48. The first-order valence-electron chi connectivity index (χ1n) is 5.42. The van der Waals surface area contributed by atoms with Gasteiger partial charge < -0.3 is 10.1 Å². The highest BCUT2D eigenvalue weighted by Crippen LogP contribution is 2.14. The molecule has 0 spiro atoms. The van der Waals surface area contributed by atoms with Crippen LogP contribution in [0.3, 0.4) is 0 Å². The third-order valence-electron chi connectivity index (χ3n) is 3.18. The molecule has 0 bridgehead atoms. The summed E-state index contributed by atoms with van der Waals surface area (Å²) in [6, 6.07) is 0.675. The van der Waals surface area contributed by atoms with Crippen LogP contribution in [0.15, 0.2) is 0 Å². The number of rotatable bonds is 3. The topological polar surface area (TPSA) is 24.5 Å². The molecule has 0 aromatic rings. The summed E-state index contributed by atoms with van der Waals surface area (Å²) in [4.78, 5) is 2.61. The Morgan fingerprint density at radius 1 is 1.46 bits per heavy atom. The van der Waals surface area contributed by atoms with Crippen LogP contribution in [0.1, 0.15) is 13.3 Å². The molecule has 2 saturated heterocycles. The van der Waals surface area contributed by atoms with E-state index in [4.69, 9.17) is 4.74 Å². The van der Waals surface area contributed by atoms with Crippen molar-refractivity contribution in [1.82, 2.24) is 10.2 Å². The third kappa shape index (κ3) is 2.22. The van der Waals surface area contributed by atoms with Crippen molar-refractivity contribution in [3.63, 3.8) is 0 Å². The summed E-state index contributed by atoms with van der Waals surface area (Å²) in [5.74, 6) is 0.896. The van der Waals surface area contributed by atoms with Gasteiger partial charge in [-0.2, -0.15) is 0 Å². The Morgan fingerprint density at radius 2 is 2.31 bits per heavy atom. The Kier molecular flexibility index (Phi) is 3.19. The van der Waals surface area contributed by atoms with Crippen LogP contribution in [0.5, 0.6) is 0 Å². The summed E-state index contributed by atoms with van der Waals surface area (Å²) in [5.41, 5.74) is 0. The van der Waals surface area contributed by atoms with Crippen molar-refractivity contribution < 1.29 is 4.74 Å². The van der Waals surface area contributed by atoms with Crippen LogP contribution in [0.4, 0.5) is 0 Å². The molecule has 3 heteroatoms. The van der Waals surface area contributed by atoms with Gasteiger partial charge in [-0.15, -0.1) is 0 Å². The highest BCUT2D eigenvalue weighted by molar-refractivity contribution is 4.82. The lowest BCUT2D eigenvalue weighted by Crippen LogP contribution is -2.53. The smallest absolute Gasteiger partial charge is 0.0622 e. The van der Waals surface area contributed by atoms with E-state index in [2.05, 4.69) is 17.1 Å². The molecule has 0 aliphatic carbocycles. The van der Waals surface area contributed by atoms with Crippen molar-refractivity contribution in [2.24, 2.45) is 5.92 Å². The van der Waals surface area contributed by atoms with E-state index in [1.165, 1.54) is 26.1 Å². The average molecular weight is 184 g/mol. The minimum absolute atomic E-state index is 0.675. The standard InChI is InChI=1S/C10H20N2O/c1-2-10-8-13-4-3-12(10)7-9-5-11-6-9/h9-11H,2-8H2,1H3. The van der Waals surface area contributed by atoms with Crippen molar-refractivity contribution in [3.8, 4) is 0 Å². The molecule has 0 aromatic carbocycles. The zero-order valence-corrected chi connectivity index (χ0v) is 8.46. The summed E-state index contributed by atoms with van der Waals surface area (Å²) >= 11 is 0. The number of ether oxygens (including phenoxy) is 1. The van der Waals surface area contributed by atoms with Gasteiger partial charge in [-0.05, 0) is 12.3 Å². The van der Waals surface area contributed by atoms with Gasteiger partial charge in [0.15, 0.2) is 0 Å². The number of hydrogen-bond donors (Lipinski definition) is 1. The second-order valence-electron chi connectivity index (χ2n) is 4.16. The molecule has 0 amide bonds. The van der Waals surface area contributed by atoms with Gasteiger partial charge in [-0.1, -0.05) is 6.92 Å². The highest BCUT2D eigenvalue weighted by Gasteiger charge is 2.26. The van der Waals surface area contributed by atoms with E-state index in [9.17, 15) is 0 Å².